The van der Waals surface area contributed by atoms with Gasteiger partial charge in [0.05, 0.1) is 12.0 Å². The molecule has 78 valence electrons. The van der Waals surface area contributed by atoms with Gasteiger partial charge in [0.15, 0.2) is 0 Å². The first kappa shape index (κ1) is 11.3. The molecule has 0 spiro atoms. The van der Waals surface area contributed by atoms with Crippen molar-refractivity contribution in [1.29, 1.82) is 0 Å². The summed E-state index contributed by atoms with van der Waals surface area (Å²) in [6, 6.07) is -0.144. The SMILES string of the molecule is C[C@@H](O)[C@@H]1C(=O)N[C@H]1C#C[Si](C)(C)C. The van der Waals surface area contributed by atoms with Gasteiger partial charge in [-0.15, -0.1) is 5.54 Å². The number of carbonyl (C=O) groups excluding carboxylic acids is 1. The number of aliphatic hydroxyl groups is 1. The summed E-state index contributed by atoms with van der Waals surface area (Å²) in [6.45, 7) is 8.08. The lowest BCUT2D eigenvalue weighted by molar-refractivity contribution is -0.138. The average molecular weight is 211 g/mol. The van der Waals surface area contributed by atoms with Crippen molar-refractivity contribution in [2.75, 3.05) is 0 Å². The van der Waals surface area contributed by atoms with Crippen molar-refractivity contribution in [3.05, 3.63) is 0 Å². The molecule has 0 radical (unpaired) electrons. The third-order valence-electron chi connectivity index (χ3n) is 2.08. The smallest absolute Gasteiger partial charge is 0.229 e. The molecule has 1 fully saturated rings. The van der Waals surface area contributed by atoms with Crippen LogP contribution >= 0.6 is 0 Å². The molecule has 1 rings (SSSR count). The molecule has 1 amide bonds. The first-order valence-corrected chi connectivity index (χ1v) is 8.32. The highest BCUT2D eigenvalue weighted by atomic mass is 28.3. The van der Waals surface area contributed by atoms with Crippen molar-refractivity contribution < 1.29 is 9.90 Å². The zero-order valence-corrected chi connectivity index (χ0v) is 10.1. The van der Waals surface area contributed by atoms with Crippen LogP contribution in [0.15, 0.2) is 0 Å². The van der Waals surface area contributed by atoms with Crippen molar-refractivity contribution in [3.8, 4) is 11.5 Å². The number of aliphatic hydroxyl groups excluding tert-OH is 1. The molecule has 1 aliphatic heterocycles. The molecule has 0 saturated carbocycles. The summed E-state index contributed by atoms with van der Waals surface area (Å²) in [5.41, 5.74) is 3.19. The third kappa shape index (κ3) is 2.60. The predicted molar refractivity (Wildman–Crippen MR) is 58.2 cm³/mol. The van der Waals surface area contributed by atoms with Gasteiger partial charge in [-0.2, -0.15) is 0 Å². The van der Waals surface area contributed by atoms with Crippen LogP contribution in [0.25, 0.3) is 0 Å². The number of β-lactam (4-membered cyclic amide) rings is 1. The van der Waals surface area contributed by atoms with E-state index in [2.05, 4.69) is 36.4 Å². The molecule has 1 aliphatic rings. The fraction of sp³-hybridized carbons (Fsp3) is 0.700. The molecule has 1 heterocycles. The summed E-state index contributed by atoms with van der Waals surface area (Å²) in [5, 5.41) is 12.0. The zero-order chi connectivity index (χ0) is 10.9. The number of nitrogens with one attached hydrogen (secondary N) is 1. The Hall–Kier alpha value is -0.793. The van der Waals surface area contributed by atoms with E-state index in [0.717, 1.165) is 0 Å². The van der Waals surface area contributed by atoms with Crippen LogP contribution in [0.2, 0.25) is 19.6 Å². The van der Waals surface area contributed by atoms with Gasteiger partial charge >= 0.3 is 0 Å². The summed E-state index contributed by atoms with van der Waals surface area (Å²) in [5.74, 6) is 2.62. The maximum atomic E-state index is 11.1. The largest absolute Gasteiger partial charge is 0.392 e. The van der Waals surface area contributed by atoms with Gasteiger partial charge in [0, 0.05) is 0 Å². The number of hydrogen-bond donors (Lipinski definition) is 2. The highest BCUT2D eigenvalue weighted by molar-refractivity contribution is 6.83. The Morgan fingerprint density at radius 1 is 1.50 bits per heavy atom. The molecular formula is C10H17NO2Si. The molecule has 0 aromatic heterocycles. The predicted octanol–water partition coefficient (Wildman–Crippen LogP) is 0.363. The van der Waals surface area contributed by atoms with E-state index in [0.29, 0.717) is 0 Å². The Morgan fingerprint density at radius 2 is 2.07 bits per heavy atom. The van der Waals surface area contributed by atoms with E-state index in [-0.39, 0.29) is 17.9 Å². The molecule has 3 atom stereocenters. The van der Waals surface area contributed by atoms with Gasteiger partial charge in [-0.25, -0.2) is 0 Å². The van der Waals surface area contributed by atoms with Crippen molar-refractivity contribution in [2.24, 2.45) is 5.92 Å². The van der Waals surface area contributed by atoms with Crippen molar-refractivity contribution in [1.82, 2.24) is 5.32 Å². The Balaban J connectivity index is 2.63. The minimum absolute atomic E-state index is 0.0881. The third-order valence-corrected chi connectivity index (χ3v) is 2.98. The Bertz CT molecular complexity index is 295. The Morgan fingerprint density at radius 3 is 2.43 bits per heavy atom. The quantitative estimate of drug-likeness (QED) is 0.374. The second-order valence-electron chi connectivity index (χ2n) is 4.77. The summed E-state index contributed by atoms with van der Waals surface area (Å²) in [4.78, 5) is 11.1. The molecule has 0 aliphatic carbocycles. The van der Waals surface area contributed by atoms with E-state index < -0.39 is 14.2 Å². The maximum absolute atomic E-state index is 11.1. The van der Waals surface area contributed by atoms with Crippen LogP contribution in [0.3, 0.4) is 0 Å². The van der Waals surface area contributed by atoms with Gasteiger partial charge in [-0.1, -0.05) is 25.6 Å². The summed E-state index contributed by atoms with van der Waals surface area (Å²) >= 11 is 0. The van der Waals surface area contributed by atoms with Crippen LogP contribution in [-0.2, 0) is 4.79 Å². The number of hydrogen-bond acceptors (Lipinski definition) is 2. The summed E-state index contributed by atoms with van der Waals surface area (Å²) < 4.78 is 0. The molecule has 0 unspecified atom stereocenters. The molecule has 14 heavy (non-hydrogen) atoms. The lowest BCUT2D eigenvalue weighted by atomic mass is 9.87. The van der Waals surface area contributed by atoms with Gasteiger partial charge in [0.25, 0.3) is 0 Å². The lowest BCUT2D eigenvalue weighted by Gasteiger charge is -2.35. The molecule has 2 N–H and O–H groups in total. The van der Waals surface area contributed by atoms with E-state index in [1.165, 1.54) is 0 Å². The van der Waals surface area contributed by atoms with E-state index in [9.17, 15) is 9.90 Å². The topological polar surface area (TPSA) is 49.3 Å². The number of amides is 1. The van der Waals surface area contributed by atoms with E-state index in [1.807, 2.05) is 0 Å². The lowest BCUT2D eigenvalue weighted by Crippen LogP contribution is -2.61. The van der Waals surface area contributed by atoms with E-state index in [1.54, 1.807) is 6.92 Å². The Kier molecular flexibility index (Phi) is 3.03. The first-order valence-electron chi connectivity index (χ1n) is 4.82. The monoisotopic (exact) mass is 211 g/mol. The highest BCUT2D eigenvalue weighted by Gasteiger charge is 2.41. The standard InChI is InChI=1S/C10H17NO2Si/c1-7(12)9-8(11-10(9)13)5-6-14(2,3)4/h7-9,12H,1-4H3,(H,11,13)/t7-,8+,9+/m1/s1. The highest BCUT2D eigenvalue weighted by Crippen LogP contribution is 2.18. The van der Waals surface area contributed by atoms with Gasteiger partial charge in [0.1, 0.15) is 14.1 Å². The molecule has 0 aromatic rings. The van der Waals surface area contributed by atoms with E-state index in [4.69, 9.17) is 0 Å². The maximum Gasteiger partial charge on any atom is 0.229 e. The average Bonchev–Trinajstić information content (AvgIpc) is 1.93. The minimum Gasteiger partial charge on any atom is -0.392 e. The van der Waals surface area contributed by atoms with Gasteiger partial charge < -0.3 is 10.4 Å². The molecular weight excluding hydrogens is 194 g/mol. The van der Waals surface area contributed by atoms with Gasteiger partial charge in [-0.3, -0.25) is 4.79 Å². The minimum atomic E-state index is -1.38. The zero-order valence-electron chi connectivity index (χ0n) is 9.09. The normalized spacial score (nSPS) is 28.2. The summed E-state index contributed by atoms with van der Waals surface area (Å²) in [7, 11) is -1.38. The first-order chi connectivity index (χ1) is 6.31. The van der Waals surface area contributed by atoms with Crippen LogP contribution in [0.1, 0.15) is 6.92 Å². The number of carbonyl (C=O) groups is 1. The fourth-order valence-electron chi connectivity index (χ4n) is 1.31. The van der Waals surface area contributed by atoms with Gasteiger partial charge in [0.2, 0.25) is 5.91 Å². The molecule has 0 aromatic carbocycles. The molecule has 1 saturated heterocycles. The van der Waals surface area contributed by atoms with Crippen molar-refractivity contribution in [2.45, 2.75) is 38.7 Å². The second kappa shape index (κ2) is 3.75. The van der Waals surface area contributed by atoms with Crippen molar-refractivity contribution in [3.63, 3.8) is 0 Å². The molecule has 0 bridgehead atoms. The fourth-order valence-corrected chi connectivity index (χ4v) is 1.90. The summed E-state index contributed by atoms with van der Waals surface area (Å²) in [6.07, 6.45) is -0.607. The second-order valence-corrected chi connectivity index (χ2v) is 9.52. The van der Waals surface area contributed by atoms with E-state index >= 15 is 0 Å². The van der Waals surface area contributed by atoms with Crippen LogP contribution in [0.4, 0.5) is 0 Å². The molecule has 3 nitrogen and oxygen atoms in total. The van der Waals surface area contributed by atoms with Crippen LogP contribution < -0.4 is 5.32 Å². The van der Waals surface area contributed by atoms with Crippen LogP contribution in [0.5, 0.6) is 0 Å². The molecule has 4 heteroatoms. The van der Waals surface area contributed by atoms with Crippen LogP contribution in [0, 0.1) is 17.4 Å². The number of rotatable bonds is 1. The van der Waals surface area contributed by atoms with Crippen molar-refractivity contribution >= 4 is 14.0 Å². The Labute approximate surface area is 85.9 Å². The van der Waals surface area contributed by atoms with Gasteiger partial charge in [-0.05, 0) is 6.92 Å². The van der Waals surface area contributed by atoms with Crippen LogP contribution in [-0.4, -0.2) is 31.2 Å².